The second kappa shape index (κ2) is 23.6. The molecule has 0 radical (unpaired) electrons. The number of hydrogen-bond donors (Lipinski definition) is 14. The molecule has 0 bridgehead atoms. The summed E-state index contributed by atoms with van der Waals surface area (Å²) >= 11 is 0. The Bertz CT molecular complexity index is 2310. The van der Waals surface area contributed by atoms with Gasteiger partial charge in [-0.3, -0.25) is 4.79 Å². The summed E-state index contributed by atoms with van der Waals surface area (Å²) in [4.78, 5) is 15.1. The molecular weight excluding hydrogens is 1100 g/mol. The van der Waals surface area contributed by atoms with Crippen LogP contribution in [0.5, 0.6) is 0 Å². The minimum absolute atomic E-state index is 0.137. The molecule has 5 aliphatic carbocycles. The molecule has 3 unspecified atom stereocenters. The molecule has 10 rings (SSSR count). The lowest BCUT2D eigenvalue weighted by Crippen LogP contribution is -2.66. The second-order valence-electron chi connectivity index (χ2n) is 28.2. The van der Waals surface area contributed by atoms with E-state index in [4.69, 9.17) is 47.4 Å². The standard InChI is InChI=1S/C58H94O25/c1-24-34(62)40(68)46(82-48-41(69)35(63)27(60)21-74-48)51(77-24)81-45-28(61)22-75-49(44(45)72)80-33-12-13-55(6)31(54(33,4)5)11-14-57(8)32(55)10-9-25-26-19-53(2,3)15-17-58(26,18-16-56(25,57)7)52(73)83-50-43(71)39(67)37(65)30(79-50)23-76-47-42(70)38(66)36(64)29(20-59)78-47/h9,24,26-51,59-72H,10-23H2,1-8H3/t24-,26?,27-,28-,29-,30-,31?,32?,33+,34-,35+,36-,37-,38+,39+,40+,41-,42-,43-,44-,45+,46+,47-,48-,49+,50+,51-,55+,56-,57-,58+/m1/s1. The van der Waals surface area contributed by atoms with Crippen LogP contribution in [0.2, 0.25) is 0 Å². The smallest absolute Gasteiger partial charge is 0.315 e. The van der Waals surface area contributed by atoms with Gasteiger partial charge in [0.1, 0.15) is 104 Å². The summed E-state index contributed by atoms with van der Waals surface area (Å²) in [6, 6.07) is 0. The lowest BCUT2D eigenvalue weighted by molar-refractivity contribution is -0.378. The van der Waals surface area contributed by atoms with Crippen LogP contribution < -0.4 is 0 Å². The Morgan fingerprint density at radius 3 is 1.86 bits per heavy atom. The van der Waals surface area contributed by atoms with E-state index in [9.17, 15) is 71.5 Å². The summed E-state index contributed by atoms with van der Waals surface area (Å²) in [7, 11) is 0. The average molecular weight is 1190 g/mol. The summed E-state index contributed by atoms with van der Waals surface area (Å²) in [6.07, 6.45) is -26.8. The maximum atomic E-state index is 15.1. The highest BCUT2D eigenvalue weighted by atomic mass is 16.8. The van der Waals surface area contributed by atoms with Crippen LogP contribution in [0.1, 0.15) is 120 Å². The summed E-state index contributed by atoms with van der Waals surface area (Å²) in [5, 5.41) is 150. The lowest BCUT2D eigenvalue weighted by atomic mass is 9.33. The number of carbonyl (C=O) groups is 1. The summed E-state index contributed by atoms with van der Waals surface area (Å²) < 4.78 is 59.4. The molecule has 83 heavy (non-hydrogen) atoms. The van der Waals surface area contributed by atoms with Crippen LogP contribution in [0.25, 0.3) is 0 Å². The van der Waals surface area contributed by atoms with Gasteiger partial charge in [0.15, 0.2) is 25.2 Å². The number of allylic oxidation sites excluding steroid dienone is 2. The molecule has 0 aromatic rings. The minimum atomic E-state index is -1.84. The van der Waals surface area contributed by atoms with E-state index in [1.165, 1.54) is 12.5 Å². The highest BCUT2D eigenvalue weighted by Gasteiger charge is 2.70. The third-order valence-corrected chi connectivity index (χ3v) is 22.7. The molecule has 5 saturated heterocycles. The van der Waals surface area contributed by atoms with Gasteiger partial charge in [0.25, 0.3) is 0 Å². The van der Waals surface area contributed by atoms with Gasteiger partial charge in [-0.05, 0) is 116 Å². The van der Waals surface area contributed by atoms with E-state index in [0.717, 1.165) is 32.1 Å². The topological polar surface area (TPSA) is 393 Å². The molecule has 0 amide bonds. The number of carbonyl (C=O) groups excluding carboxylic acids is 1. The molecule has 25 heteroatoms. The summed E-state index contributed by atoms with van der Waals surface area (Å²) in [5.74, 6) is -0.438. The van der Waals surface area contributed by atoms with Crippen LogP contribution >= 0.6 is 0 Å². The van der Waals surface area contributed by atoms with Gasteiger partial charge in [0.05, 0.1) is 44.1 Å². The largest absolute Gasteiger partial charge is 0.432 e. The first-order valence-electron chi connectivity index (χ1n) is 30.0. The zero-order valence-corrected chi connectivity index (χ0v) is 48.8. The molecule has 4 saturated carbocycles. The van der Waals surface area contributed by atoms with Gasteiger partial charge in [-0.1, -0.05) is 60.1 Å². The van der Waals surface area contributed by atoms with Crippen molar-refractivity contribution < 1.29 is 124 Å². The van der Waals surface area contributed by atoms with E-state index in [2.05, 4.69) is 54.5 Å². The molecule has 0 spiro atoms. The normalized spacial score (nSPS) is 54.2. The molecule has 5 aliphatic heterocycles. The van der Waals surface area contributed by atoms with Gasteiger partial charge in [-0.15, -0.1) is 0 Å². The van der Waals surface area contributed by atoms with E-state index in [0.29, 0.717) is 32.1 Å². The van der Waals surface area contributed by atoms with Gasteiger partial charge >= 0.3 is 5.97 Å². The van der Waals surface area contributed by atoms with Crippen molar-refractivity contribution >= 4 is 5.97 Å². The Balaban J connectivity index is 0.829. The Kier molecular flexibility index (Phi) is 18.3. The van der Waals surface area contributed by atoms with Crippen molar-refractivity contribution in [1.82, 2.24) is 0 Å². The average Bonchev–Trinajstić information content (AvgIpc) is 3.61. The van der Waals surface area contributed by atoms with Gasteiger partial charge < -0.3 is 119 Å². The highest BCUT2D eigenvalue weighted by Crippen LogP contribution is 2.76. The number of aliphatic hydroxyl groups is 14. The van der Waals surface area contributed by atoms with Crippen LogP contribution in [-0.4, -0.2) is 251 Å². The molecule has 14 N–H and O–H groups in total. The van der Waals surface area contributed by atoms with E-state index in [1.807, 2.05) is 0 Å². The monoisotopic (exact) mass is 1190 g/mol. The fraction of sp³-hybridized carbons (Fsp3) is 0.948. The first kappa shape index (κ1) is 64.3. The zero-order valence-electron chi connectivity index (χ0n) is 48.8. The Labute approximate surface area is 483 Å². The van der Waals surface area contributed by atoms with Crippen LogP contribution in [0.4, 0.5) is 0 Å². The molecule has 25 nitrogen and oxygen atoms in total. The molecule has 31 atom stereocenters. The van der Waals surface area contributed by atoms with Crippen LogP contribution in [0, 0.1) is 50.2 Å². The molecule has 0 aromatic carbocycles. The van der Waals surface area contributed by atoms with Gasteiger partial charge in [-0.2, -0.15) is 0 Å². The zero-order chi connectivity index (χ0) is 60.4. The quantitative estimate of drug-likeness (QED) is 0.0576. The second-order valence-corrected chi connectivity index (χ2v) is 28.2. The lowest BCUT2D eigenvalue weighted by Gasteiger charge is -2.71. The van der Waals surface area contributed by atoms with Gasteiger partial charge in [0, 0.05) is 0 Å². The summed E-state index contributed by atoms with van der Waals surface area (Å²) in [5.41, 5.74) is -1.11. The third-order valence-electron chi connectivity index (χ3n) is 22.7. The summed E-state index contributed by atoms with van der Waals surface area (Å²) in [6.45, 7) is 15.5. The van der Waals surface area contributed by atoms with Crippen molar-refractivity contribution in [2.24, 2.45) is 50.2 Å². The van der Waals surface area contributed by atoms with Gasteiger partial charge in [-0.25, -0.2) is 0 Å². The number of fused-ring (bicyclic) bond motifs is 7. The fourth-order valence-corrected chi connectivity index (χ4v) is 17.3. The Morgan fingerprint density at radius 1 is 0.566 bits per heavy atom. The van der Waals surface area contributed by atoms with E-state index >= 15 is 4.79 Å². The number of ether oxygens (including phenoxy) is 10. The van der Waals surface area contributed by atoms with Crippen LogP contribution in [-0.2, 0) is 52.2 Å². The third kappa shape index (κ3) is 10.9. The fourth-order valence-electron chi connectivity index (χ4n) is 17.3. The molecule has 9 fully saturated rings. The predicted molar refractivity (Wildman–Crippen MR) is 282 cm³/mol. The van der Waals surface area contributed by atoms with Gasteiger partial charge in [0.2, 0.25) is 6.29 Å². The van der Waals surface area contributed by atoms with E-state index in [1.54, 1.807) is 0 Å². The first-order chi connectivity index (χ1) is 38.8. The number of rotatable bonds is 12. The highest BCUT2D eigenvalue weighted by molar-refractivity contribution is 5.79. The van der Waals surface area contributed by atoms with Crippen molar-refractivity contribution in [2.45, 2.75) is 267 Å². The minimum Gasteiger partial charge on any atom is -0.432 e. The van der Waals surface area contributed by atoms with Crippen molar-refractivity contribution in [2.75, 3.05) is 26.4 Å². The van der Waals surface area contributed by atoms with Crippen molar-refractivity contribution in [3.8, 4) is 0 Å². The van der Waals surface area contributed by atoms with Crippen molar-refractivity contribution in [3.05, 3.63) is 11.6 Å². The Hall–Kier alpha value is -1.71. The first-order valence-corrected chi connectivity index (χ1v) is 30.0. The molecule has 0 aromatic heterocycles. The maximum Gasteiger partial charge on any atom is 0.315 e. The van der Waals surface area contributed by atoms with Crippen LogP contribution in [0.15, 0.2) is 11.6 Å². The number of esters is 1. The number of hydrogen-bond acceptors (Lipinski definition) is 25. The van der Waals surface area contributed by atoms with E-state index in [-0.39, 0.29) is 46.0 Å². The molecular formula is C58H94O25. The number of aliphatic hydroxyl groups excluding tert-OH is 14. The SMILES string of the molecule is C[C@H]1O[C@H](O[C@@H]2[C@@H](O)[C@H](O[C@H]3CC[C@@]4(C)C(CC[C@]5(C)C4CC=C4C6CC(C)(C)CC[C@]6(C(=O)O[C@@H]6O[C@H](CO[C@@H]7O[C@H](CO)[C@@H](O)[C@H](O)[C@H]7O)[C@@H](O)[C@H](O)[C@H]6O)CC[C@]45C)C3(C)C)OC[C@H]2O)[C@@H](O[C@H]2OC[C@@H](O)[C@H](O)[C@H]2O)[C@@H](O)[C@@H]1O. The van der Waals surface area contributed by atoms with Crippen LogP contribution in [0.3, 0.4) is 0 Å². The molecule has 10 aliphatic rings. The molecule has 476 valence electrons. The molecule has 5 heterocycles. The Morgan fingerprint density at radius 2 is 1.17 bits per heavy atom. The maximum absolute atomic E-state index is 15.1. The van der Waals surface area contributed by atoms with Crippen molar-refractivity contribution in [3.63, 3.8) is 0 Å². The van der Waals surface area contributed by atoms with E-state index < -0.39 is 184 Å². The predicted octanol–water partition coefficient (Wildman–Crippen LogP) is -1.91. The van der Waals surface area contributed by atoms with Crippen molar-refractivity contribution in [1.29, 1.82) is 0 Å².